The summed E-state index contributed by atoms with van der Waals surface area (Å²) in [5, 5.41) is 8.88. The summed E-state index contributed by atoms with van der Waals surface area (Å²) in [5.41, 5.74) is -1.26. The molecule has 0 spiro atoms. The molecule has 1 N–H and O–H groups in total. The predicted octanol–water partition coefficient (Wildman–Crippen LogP) is 1.95. The highest BCUT2D eigenvalue weighted by Crippen LogP contribution is 2.40. The van der Waals surface area contributed by atoms with Gasteiger partial charge >= 0.3 is 5.97 Å². The molecule has 7 heteroatoms. The van der Waals surface area contributed by atoms with Crippen molar-refractivity contribution in [1.82, 2.24) is 0 Å². The molecule has 2 amide bonds. The molecule has 1 aromatic rings. The number of halogens is 2. The summed E-state index contributed by atoms with van der Waals surface area (Å²) in [6, 6.07) is 1.09. The standard InChI is InChI=1S/C14H11F2NO4/c15-9-5-10(16)11(4-8(9)14(20)21)17-12(18)6-1-2-7(3-6)13(17)19/h4-7H,1-3H2,(H,20,21). The van der Waals surface area contributed by atoms with Crippen molar-refractivity contribution >= 4 is 23.5 Å². The van der Waals surface area contributed by atoms with Crippen LogP contribution in [0, 0.1) is 23.5 Å². The molecule has 3 rings (SSSR count). The SMILES string of the molecule is O=C(O)c1cc(N2C(=O)C3CCC(C3)C2=O)c(F)cc1F. The van der Waals surface area contributed by atoms with Crippen LogP contribution >= 0.6 is 0 Å². The molecule has 1 aliphatic heterocycles. The molecular formula is C14H11F2NO4. The monoisotopic (exact) mass is 295 g/mol. The van der Waals surface area contributed by atoms with Crippen molar-refractivity contribution in [3.8, 4) is 0 Å². The lowest BCUT2D eigenvalue weighted by Gasteiger charge is -2.30. The zero-order chi connectivity index (χ0) is 15.3. The highest BCUT2D eigenvalue weighted by Gasteiger charge is 2.46. The van der Waals surface area contributed by atoms with E-state index in [-0.39, 0.29) is 11.8 Å². The van der Waals surface area contributed by atoms with Crippen LogP contribution in [0.4, 0.5) is 14.5 Å². The van der Waals surface area contributed by atoms with Crippen molar-refractivity contribution in [3.63, 3.8) is 0 Å². The van der Waals surface area contributed by atoms with Gasteiger partial charge in [-0.15, -0.1) is 0 Å². The fourth-order valence-corrected chi connectivity index (χ4v) is 3.01. The minimum atomic E-state index is -1.59. The number of fused-ring (bicyclic) bond motifs is 2. The van der Waals surface area contributed by atoms with Gasteiger partial charge in [0.05, 0.1) is 11.3 Å². The van der Waals surface area contributed by atoms with Crippen LogP contribution in [0.2, 0.25) is 0 Å². The molecule has 21 heavy (non-hydrogen) atoms. The second-order valence-electron chi connectivity index (χ2n) is 5.31. The molecule has 2 bridgehead atoms. The number of aromatic carboxylic acids is 1. The first-order chi connectivity index (χ1) is 9.90. The highest BCUT2D eigenvalue weighted by atomic mass is 19.1. The number of anilines is 1. The van der Waals surface area contributed by atoms with Crippen molar-refractivity contribution < 1.29 is 28.3 Å². The molecule has 2 atom stereocenters. The van der Waals surface area contributed by atoms with E-state index in [0.717, 1.165) is 0 Å². The topological polar surface area (TPSA) is 74.7 Å². The summed E-state index contributed by atoms with van der Waals surface area (Å²) in [7, 11) is 0. The first-order valence-electron chi connectivity index (χ1n) is 6.50. The van der Waals surface area contributed by atoms with Crippen LogP contribution in [0.3, 0.4) is 0 Å². The van der Waals surface area contributed by atoms with E-state index >= 15 is 0 Å². The number of nitrogens with zero attached hydrogens (tertiary/aromatic N) is 1. The number of carbonyl (C=O) groups excluding carboxylic acids is 2. The molecule has 2 aliphatic rings. The lowest BCUT2D eigenvalue weighted by molar-refractivity contribution is -0.133. The number of rotatable bonds is 2. The number of carboxylic acid groups (broad SMARTS) is 1. The van der Waals surface area contributed by atoms with Gasteiger partial charge in [-0.05, 0) is 25.3 Å². The van der Waals surface area contributed by atoms with Crippen LogP contribution in [-0.2, 0) is 9.59 Å². The van der Waals surface area contributed by atoms with E-state index in [2.05, 4.69) is 0 Å². The lowest BCUT2D eigenvalue weighted by Crippen LogP contribution is -2.47. The van der Waals surface area contributed by atoms with Crippen molar-refractivity contribution in [2.75, 3.05) is 4.90 Å². The van der Waals surface area contributed by atoms with Crippen molar-refractivity contribution in [2.24, 2.45) is 11.8 Å². The van der Waals surface area contributed by atoms with E-state index in [4.69, 9.17) is 5.11 Å². The van der Waals surface area contributed by atoms with Gasteiger partial charge < -0.3 is 5.11 Å². The molecule has 0 radical (unpaired) electrons. The number of amides is 2. The van der Waals surface area contributed by atoms with Crippen molar-refractivity contribution in [2.45, 2.75) is 19.3 Å². The Morgan fingerprint density at radius 1 is 1.10 bits per heavy atom. The third-order valence-electron chi connectivity index (χ3n) is 4.08. The first kappa shape index (κ1) is 13.7. The molecule has 1 saturated heterocycles. The van der Waals surface area contributed by atoms with Crippen LogP contribution in [0.5, 0.6) is 0 Å². The van der Waals surface area contributed by atoms with Crippen molar-refractivity contribution in [1.29, 1.82) is 0 Å². The van der Waals surface area contributed by atoms with E-state index < -0.39 is 40.7 Å². The van der Waals surface area contributed by atoms with Gasteiger partial charge in [-0.1, -0.05) is 0 Å². The van der Waals surface area contributed by atoms with E-state index in [1.165, 1.54) is 0 Å². The van der Waals surface area contributed by atoms with Gasteiger partial charge in [0.15, 0.2) is 0 Å². The second-order valence-corrected chi connectivity index (χ2v) is 5.31. The molecular weight excluding hydrogens is 284 g/mol. The Kier molecular flexibility index (Phi) is 3.00. The second kappa shape index (κ2) is 4.61. The average Bonchev–Trinajstić information content (AvgIpc) is 2.85. The van der Waals surface area contributed by atoms with Gasteiger partial charge in [0.1, 0.15) is 11.6 Å². The summed E-state index contributed by atoms with van der Waals surface area (Å²) in [4.78, 5) is 36.0. The third-order valence-corrected chi connectivity index (χ3v) is 4.08. The molecule has 2 unspecified atom stereocenters. The fraction of sp³-hybridized carbons (Fsp3) is 0.357. The van der Waals surface area contributed by atoms with E-state index in [9.17, 15) is 23.2 Å². The zero-order valence-electron chi connectivity index (χ0n) is 10.8. The Morgan fingerprint density at radius 3 is 2.19 bits per heavy atom. The van der Waals surface area contributed by atoms with Gasteiger partial charge in [-0.2, -0.15) is 0 Å². The van der Waals surface area contributed by atoms with Crippen LogP contribution in [0.25, 0.3) is 0 Å². The van der Waals surface area contributed by atoms with Crippen LogP contribution in [0.15, 0.2) is 12.1 Å². The number of hydrogen-bond donors (Lipinski definition) is 1. The molecule has 2 fully saturated rings. The summed E-state index contributed by atoms with van der Waals surface area (Å²) in [5.74, 6) is -5.76. The van der Waals surface area contributed by atoms with E-state index in [1.807, 2.05) is 0 Å². The molecule has 0 aromatic heterocycles. The normalized spacial score (nSPS) is 24.6. The summed E-state index contributed by atoms with van der Waals surface area (Å²) in [6.45, 7) is 0. The average molecular weight is 295 g/mol. The molecule has 1 aromatic carbocycles. The Bertz CT molecular complexity index is 651. The fourth-order valence-electron chi connectivity index (χ4n) is 3.01. The Labute approximate surface area is 118 Å². The lowest BCUT2D eigenvalue weighted by atomic mass is 9.96. The van der Waals surface area contributed by atoms with Crippen LogP contribution in [0.1, 0.15) is 29.6 Å². The summed E-state index contributed by atoms with van der Waals surface area (Å²) in [6.07, 6.45) is 1.56. The quantitative estimate of drug-likeness (QED) is 0.846. The Morgan fingerprint density at radius 2 is 1.67 bits per heavy atom. The number of carboxylic acids is 1. The largest absolute Gasteiger partial charge is 0.478 e. The maximum Gasteiger partial charge on any atom is 0.338 e. The van der Waals surface area contributed by atoms with Crippen molar-refractivity contribution in [3.05, 3.63) is 29.3 Å². The van der Waals surface area contributed by atoms with Gasteiger partial charge in [-0.25, -0.2) is 18.5 Å². The maximum atomic E-state index is 13.9. The van der Waals surface area contributed by atoms with E-state index in [1.54, 1.807) is 0 Å². The minimum Gasteiger partial charge on any atom is -0.478 e. The minimum absolute atomic E-state index is 0.356. The molecule has 5 nitrogen and oxygen atoms in total. The number of hydrogen-bond acceptors (Lipinski definition) is 3. The number of benzene rings is 1. The van der Waals surface area contributed by atoms with Gasteiger partial charge in [0, 0.05) is 17.9 Å². The Hall–Kier alpha value is -2.31. The highest BCUT2D eigenvalue weighted by molar-refractivity contribution is 6.19. The van der Waals surface area contributed by atoms with Gasteiger partial charge in [0.2, 0.25) is 11.8 Å². The molecule has 1 heterocycles. The third kappa shape index (κ3) is 2.00. The van der Waals surface area contributed by atoms with E-state index in [0.29, 0.717) is 36.3 Å². The number of carbonyl (C=O) groups is 3. The van der Waals surface area contributed by atoms with Gasteiger partial charge in [-0.3, -0.25) is 9.59 Å². The molecule has 1 aliphatic carbocycles. The predicted molar refractivity (Wildman–Crippen MR) is 66.6 cm³/mol. The Balaban J connectivity index is 2.11. The summed E-state index contributed by atoms with van der Waals surface area (Å²) < 4.78 is 27.3. The van der Waals surface area contributed by atoms with Crippen LogP contribution < -0.4 is 4.90 Å². The molecule has 1 saturated carbocycles. The zero-order valence-corrected chi connectivity index (χ0v) is 10.8. The van der Waals surface area contributed by atoms with Gasteiger partial charge in [0.25, 0.3) is 0 Å². The maximum absolute atomic E-state index is 13.9. The summed E-state index contributed by atoms with van der Waals surface area (Å²) >= 11 is 0. The first-order valence-corrected chi connectivity index (χ1v) is 6.50. The molecule has 110 valence electrons. The number of imide groups is 1. The number of piperidine rings is 1. The smallest absolute Gasteiger partial charge is 0.338 e. The van der Waals surface area contributed by atoms with Crippen LogP contribution in [-0.4, -0.2) is 22.9 Å².